The van der Waals surface area contributed by atoms with E-state index in [1.807, 2.05) is 6.92 Å². The minimum atomic E-state index is -3.74. The molecule has 0 saturated heterocycles. The number of anilines is 1. The summed E-state index contributed by atoms with van der Waals surface area (Å²) in [6, 6.07) is 16.1. The Morgan fingerprint density at radius 2 is 1.79 bits per heavy atom. The van der Waals surface area contributed by atoms with Crippen molar-refractivity contribution in [2.75, 3.05) is 5.32 Å². The van der Waals surface area contributed by atoms with Crippen molar-refractivity contribution >= 4 is 21.6 Å². The normalized spacial score (nSPS) is 11.2. The summed E-state index contributed by atoms with van der Waals surface area (Å²) in [6.07, 6.45) is 4.63. The van der Waals surface area contributed by atoms with Crippen LogP contribution >= 0.6 is 0 Å². The molecule has 0 bridgehead atoms. The van der Waals surface area contributed by atoms with E-state index >= 15 is 0 Å². The van der Waals surface area contributed by atoms with Crippen LogP contribution in [0.2, 0.25) is 0 Å². The SMILES string of the molecule is Cc1cc(Oc2ncccn2)ccc1NC(=O)c1ccc(S(=O)(=O)NCc2ccco2)cc1. The van der Waals surface area contributed by atoms with Gasteiger partial charge in [0.1, 0.15) is 11.5 Å². The first-order chi connectivity index (χ1) is 15.9. The number of carbonyl (C=O) groups excluding carboxylic acids is 1. The predicted molar refractivity (Wildman–Crippen MR) is 120 cm³/mol. The zero-order valence-corrected chi connectivity index (χ0v) is 18.4. The van der Waals surface area contributed by atoms with Gasteiger partial charge in [-0.05, 0) is 73.2 Å². The molecule has 2 aromatic heterocycles. The molecule has 0 aliphatic rings. The van der Waals surface area contributed by atoms with Crippen molar-refractivity contribution in [2.45, 2.75) is 18.4 Å². The van der Waals surface area contributed by atoms with Crippen LogP contribution in [0.25, 0.3) is 0 Å². The van der Waals surface area contributed by atoms with Gasteiger partial charge in [-0.1, -0.05) is 0 Å². The number of nitrogens with one attached hydrogen (secondary N) is 2. The average molecular weight is 465 g/mol. The Morgan fingerprint density at radius 3 is 2.45 bits per heavy atom. The minimum Gasteiger partial charge on any atom is -0.468 e. The van der Waals surface area contributed by atoms with Gasteiger partial charge in [0.2, 0.25) is 10.0 Å². The number of benzene rings is 2. The predicted octanol–water partition coefficient (Wildman–Crippen LogP) is 3.90. The van der Waals surface area contributed by atoms with E-state index in [0.29, 0.717) is 22.8 Å². The summed E-state index contributed by atoms with van der Waals surface area (Å²) >= 11 is 0. The Kier molecular flexibility index (Phi) is 6.48. The number of aryl methyl sites for hydroxylation is 1. The van der Waals surface area contributed by atoms with Crippen molar-refractivity contribution in [1.82, 2.24) is 14.7 Å². The summed E-state index contributed by atoms with van der Waals surface area (Å²) in [5, 5.41) is 2.82. The molecule has 0 unspecified atom stereocenters. The molecule has 9 nitrogen and oxygen atoms in total. The van der Waals surface area contributed by atoms with Crippen molar-refractivity contribution < 1.29 is 22.4 Å². The second-order valence-corrected chi connectivity index (χ2v) is 8.76. The maximum atomic E-state index is 12.6. The molecule has 0 aliphatic carbocycles. The third-order valence-electron chi connectivity index (χ3n) is 4.64. The quantitative estimate of drug-likeness (QED) is 0.405. The molecule has 0 aliphatic heterocycles. The van der Waals surface area contributed by atoms with E-state index < -0.39 is 10.0 Å². The first kappa shape index (κ1) is 22.2. The molecule has 33 heavy (non-hydrogen) atoms. The molecule has 168 valence electrons. The van der Waals surface area contributed by atoms with E-state index in [1.54, 1.807) is 48.8 Å². The molecule has 2 aromatic carbocycles. The van der Waals surface area contributed by atoms with Crippen LogP contribution in [-0.4, -0.2) is 24.3 Å². The number of furan rings is 1. The molecule has 2 N–H and O–H groups in total. The van der Waals surface area contributed by atoms with E-state index in [0.717, 1.165) is 5.56 Å². The van der Waals surface area contributed by atoms with Crippen LogP contribution in [-0.2, 0) is 16.6 Å². The maximum Gasteiger partial charge on any atom is 0.321 e. The summed E-state index contributed by atoms with van der Waals surface area (Å²) in [6.45, 7) is 1.86. The van der Waals surface area contributed by atoms with Gasteiger partial charge >= 0.3 is 6.01 Å². The lowest BCUT2D eigenvalue weighted by molar-refractivity contribution is 0.102. The number of aromatic nitrogens is 2. The van der Waals surface area contributed by atoms with Crippen LogP contribution in [0.5, 0.6) is 11.8 Å². The molecule has 2 heterocycles. The summed E-state index contributed by atoms with van der Waals surface area (Å²) < 4.78 is 38.0. The van der Waals surface area contributed by atoms with Gasteiger partial charge < -0.3 is 14.5 Å². The van der Waals surface area contributed by atoms with Crippen LogP contribution in [0, 0.1) is 6.92 Å². The highest BCUT2D eigenvalue weighted by Crippen LogP contribution is 2.24. The third-order valence-corrected chi connectivity index (χ3v) is 6.06. The monoisotopic (exact) mass is 464 g/mol. The Balaban J connectivity index is 1.40. The highest BCUT2D eigenvalue weighted by molar-refractivity contribution is 7.89. The van der Waals surface area contributed by atoms with Gasteiger partial charge in [-0.25, -0.2) is 23.1 Å². The second kappa shape index (κ2) is 9.63. The molecule has 0 atom stereocenters. The van der Waals surface area contributed by atoms with Crippen LogP contribution in [0.3, 0.4) is 0 Å². The number of amides is 1. The molecule has 0 radical (unpaired) electrons. The van der Waals surface area contributed by atoms with Gasteiger partial charge in [-0.15, -0.1) is 0 Å². The highest BCUT2D eigenvalue weighted by atomic mass is 32.2. The molecule has 0 spiro atoms. The number of ether oxygens (including phenoxy) is 1. The van der Waals surface area contributed by atoms with E-state index in [2.05, 4.69) is 20.0 Å². The summed E-state index contributed by atoms with van der Waals surface area (Å²) in [4.78, 5) is 20.7. The van der Waals surface area contributed by atoms with Gasteiger partial charge in [-0.3, -0.25) is 4.79 Å². The van der Waals surface area contributed by atoms with Gasteiger partial charge in [0, 0.05) is 23.6 Å². The zero-order chi connectivity index (χ0) is 23.3. The third kappa shape index (κ3) is 5.62. The van der Waals surface area contributed by atoms with Crippen molar-refractivity contribution in [2.24, 2.45) is 0 Å². The topological polar surface area (TPSA) is 123 Å². The van der Waals surface area contributed by atoms with Gasteiger partial charge in [0.15, 0.2) is 0 Å². The van der Waals surface area contributed by atoms with Crippen LogP contribution in [0.4, 0.5) is 5.69 Å². The largest absolute Gasteiger partial charge is 0.468 e. The van der Waals surface area contributed by atoms with Crippen LogP contribution < -0.4 is 14.8 Å². The Labute approximate surface area is 190 Å². The van der Waals surface area contributed by atoms with Crippen molar-refractivity contribution in [3.05, 3.63) is 96.2 Å². The zero-order valence-electron chi connectivity index (χ0n) is 17.6. The van der Waals surface area contributed by atoms with E-state index in [-0.39, 0.29) is 23.4 Å². The summed E-state index contributed by atoms with van der Waals surface area (Å²) in [5.41, 5.74) is 1.69. The standard InChI is InChI=1S/C23H20N4O5S/c1-16-14-18(32-23-24-11-3-12-25-23)7-10-21(16)27-22(28)17-5-8-20(9-6-17)33(29,30)26-15-19-4-2-13-31-19/h2-14,26H,15H2,1H3,(H,27,28). The molecule has 10 heteroatoms. The van der Waals surface area contributed by atoms with Crippen molar-refractivity contribution in [3.63, 3.8) is 0 Å². The smallest absolute Gasteiger partial charge is 0.321 e. The fourth-order valence-corrected chi connectivity index (χ4v) is 3.92. The lowest BCUT2D eigenvalue weighted by Crippen LogP contribution is -2.23. The number of hydrogen-bond donors (Lipinski definition) is 2. The molecule has 0 saturated carbocycles. The Morgan fingerprint density at radius 1 is 1.03 bits per heavy atom. The molecular weight excluding hydrogens is 444 g/mol. The van der Waals surface area contributed by atoms with E-state index in [4.69, 9.17) is 9.15 Å². The first-order valence-electron chi connectivity index (χ1n) is 9.90. The summed E-state index contributed by atoms with van der Waals surface area (Å²) in [7, 11) is -3.74. The van der Waals surface area contributed by atoms with Gasteiger partial charge in [-0.2, -0.15) is 0 Å². The lowest BCUT2D eigenvalue weighted by atomic mass is 10.1. The first-order valence-corrected chi connectivity index (χ1v) is 11.4. The number of rotatable bonds is 8. The van der Waals surface area contributed by atoms with Crippen molar-refractivity contribution in [1.29, 1.82) is 0 Å². The number of carbonyl (C=O) groups is 1. The van der Waals surface area contributed by atoms with Gasteiger partial charge in [0.05, 0.1) is 17.7 Å². The minimum absolute atomic E-state index is 0.0347. The van der Waals surface area contributed by atoms with Crippen LogP contribution in [0.15, 0.2) is 88.6 Å². The second-order valence-electron chi connectivity index (χ2n) is 6.99. The molecular formula is C23H20N4O5S. The molecule has 4 aromatic rings. The molecule has 4 rings (SSSR count). The van der Waals surface area contributed by atoms with E-state index in [1.165, 1.54) is 30.5 Å². The van der Waals surface area contributed by atoms with E-state index in [9.17, 15) is 13.2 Å². The number of sulfonamides is 1. The fraction of sp³-hybridized carbons (Fsp3) is 0.0870. The Hall–Kier alpha value is -4.02. The number of hydrogen-bond acceptors (Lipinski definition) is 7. The van der Waals surface area contributed by atoms with Gasteiger partial charge in [0.25, 0.3) is 5.91 Å². The average Bonchev–Trinajstić information content (AvgIpc) is 3.34. The molecule has 1 amide bonds. The number of nitrogens with zero attached hydrogens (tertiary/aromatic N) is 2. The van der Waals surface area contributed by atoms with Crippen LogP contribution in [0.1, 0.15) is 21.7 Å². The summed E-state index contributed by atoms with van der Waals surface area (Å²) in [5.74, 6) is 0.664. The Bertz CT molecular complexity index is 1340. The fourth-order valence-electron chi connectivity index (χ4n) is 2.93. The highest BCUT2D eigenvalue weighted by Gasteiger charge is 2.16. The van der Waals surface area contributed by atoms with Crippen molar-refractivity contribution in [3.8, 4) is 11.8 Å². The molecule has 0 fully saturated rings. The maximum absolute atomic E-state index is 12.6. The lowest BCUT2D eigenvalue weighted by Gasteiger charge is -2.11.